The lowest BCUT2D eigenvalue weighted by atomic mass is 10.2. The minimum atomic E-state index is -4.00. The number of nitrogens with one attached hydrogen (secondary N) is 1. The SMILES string of the molecule is Cc1cccc(NS(=O)(=O)c2ccc(CN)cc2F)c1Br. The van der Waals surface area contributed by atoms with Gasteiger partial charge < -0.3 is 5.73 Å². The molecule has 0 bridgehead atoms. The average molecular weight is 373 g/mol. The Morgan fingerprint density at radius 2 is 2.00 bits per heavy atom. The fourth-order valence-corrected chi connectivity index (χ4v) is 3.44. The molecule has 0 aromatic heterocycles. The molecule has 0 saturated carbocycles. The molecule has 0 radical (unpaired) electrons. The molecule has 2 rings (SSSR count). The third-order valence-electron chi connectivity index (χ3n) is 2.96. The molecule has 0 fully saturated rings. The zero-order valence-electron chi connectivity index (χ0n) is 11.2. The molecular formula is C14H14BrFN2O2S. The van der Waals surface area contributed by atoms with Crippen molar-refractivity contribution in [1.82, 2.24) is 0 Å². The molecule has 0 atom stereocenters. The first-order chi connectivity index (χ1) is 9.85. The number of anilines is 1. The molecule has 0 unspecified atom stereocenters. The average Bonchev–Trinajstić information content (AvgIpc) is 2.43. The molecule has 0 saturated heterocycles. The van der Waals surface area contributed by atoms with E-state index in [1.54, 1.807) is 12.1 Å². The van der Waals surface area contributed by atoms with E-state index in [1.807, 2.05) is 13.0 Å². The van der Waals surface area contributed by atoms with Crippen LogP contribution in [0.5, 0.6) is 0 Å². The number of rotatable bonds is 4. The van der Waals surface area contributed by atoms with E-state index in [2.05, 4.69) is 20.7 Å². The van der Waals surface area contributed by atoms with Crippen molar-refractivity contribution in [3.8, 4) is 0 Å². The molecule has 7 heteroatoms. The zero-order chi connectivity index (χ0) is 15.6. The van der Waals surface area contributed by atoms with Crippen LogP contribution in [0.1, 0.15) is 11.1 Å². The summed E-state index contributed by atoms with van der Waals surface area (Å²) in [7, 11) is -4.00. The van der Waals surface area contributed by atoms with Gasteiger partial charge in [0.25, 0.3) is 10.0 Å². The van der Waals surface area contributed by atoms with E-state index in [0.717, 1.165) is 11.6 Å². The normalized spacial score (nSPS) is 11.4. The van der Waals surface area contributed by atoms with Gasteiger partial charge in [-0.3, -0.25) is 4.72 Å². The fraction of sp³-hybridized carbons (Fsp3) is 0.143. The lowest BCUT2D eigenvalue weighted by Gasteiger charge is -2.12. The molecule has 0 spiro atoms. The third kappa shape index (κ3) is 3.42. The van der Waals surface area contributed by atoms with E-state index in [9.17, 15) is 12.8 Å². The van der Waals surface area contributed by atoms with Gasteiger partial charge in [0.05, 0.1) is 5.69 Å². The van der Waals surface area contributed by atoms with Gasteiger partial charge in [-0.25, -0.2) is 12.8 Å². The van der Waals surface area contributed by atoms with Gasteiger partial charge in [0.15, 0.2) is 0 Å². The standard InChI is InChI=1S/C14H14BrFN2O2S/c1-9-3-2-4-12(14(9)15)18-21(19,20)13-6-5-10(8-17)7-11(13)16/h2-7,18H,8,17H2,1H3. The molecule has 0 amide bonds. The van der Waals surface area contributed by atoms with Crippen LogP contribution in [0.2, 0.25) is 0 Å². The van der Waals surface area contributed by atoms with Gasteiger partial charge in [0, 0.05) is 11.0 Å². The Bertz CT molecular complexity index is 779. The summed E-state index contributed by atoms with van der Waals surface area (Å²) in [5, 5.41) is 0. The Morgan fingerprint density at radius 1 is 1.29 bits per heavy atom. The molecule has 0 aliphatic heterocycles. The summed E-state index contributed by atoms with van der Waals surface area (Å²) >= 11 is 3.31. The summed E-state index contributed by atoms with van der Waals surface area (Å²) in [6.45, 7) is 1.98. The van der Waals surface area contributed by atoms with E-state index in [0.29, 0.717) is 15.7 Å². The largest absolute Gasteiger partial charge is 0.326 e. The molecule has 0 aliphatic carbocycles. The van der Waals surface area contributed by atoms with Crippen LogP contribution in [-0.2, 0) is 16.6 Å². The molecule has 3 N–H and O–H groups in total. The van der Waals surface area contributed by atoms with E-state index < -0.39 is 20.7 Å². The quantitative estimate of drug-likeness (QED) is 0.865. The van der Waals surface area contributed by atoms with Gasteiger partial charge in [-0.2, -0.15) is 0 Å². The number of hydrogen-bond acceptors (Lipinski definition) is 3. The predicted octanol–water partition coefficient (Wildman–Crippen LogP) is 3.16. The molecule has 4 nitrogen and oxygen atoms in total. The van der Waals surface area contributed by atoms with E-state index >= 15 is 0 Å². The molecular weight excluding hydrogens is 359 g/mol. The summed E-state index contributed by atoms with van der Waals surface area (Å²) in [6.07, 6.45) is 0. The highest BCUT2D eigenvalue weighted by Crippen LogP contribution is 2.28. The maximum atomic E-state index is 13.9. The number of aryl methyl sites for hydroxylation is 1. The van der Waals surface area contributed by atoms with Gasteiger partial charge in [-0.15, -0.1) is 0 Å². The van der Waals surface area contributed by atoms with Crippen molar-refractivity contribution >= 4 is 31.6 Å². The Morgan fingerprint density at radius 3 is 2.62 bits per heavy atom. The fourth-order valence-electron chi connectivity index (χ4n) is 1.82. The Balaban J connectivity index is 2.41. The highest BCUT2D eigenvalue weighted by atomic mass is 79.9. The van der Waals surface area contributed by atoms with Crippen LogP contribution in [0.15, 0.2) is 45.8 Å². The molecule has 21 heavy (non-hydrogen) atoms. The van der Waals surface area contributed by atoms with Crippen LogP contribution in [0.4, 0.5) is 10.1 Å². The molecule has 112 valence electrons. The summed E-state index contributed by atoms with van der Waals surface area (Å²) in [5.74, 6) is -0.825. The molecule has 2 aromatic rings. The second-order valence-corrected chi connectivity index (χ2v) is 6.95. The Kier molecular flexibility index (Phi) is 4.65. The monoisotopic (exact) mass is 372 g/mol. The highest BCUT2D eigenvalue weighted by Gasteiger charge is 2.20. The second-order valence-electron chi connectivity index (χ2n) is 4.51. The summed E-state index contributed by atoms with van der Waals surface area (Å²) in [6, 6.07) is 8.97. The van der Waals surface area contributed by atoms with Crippen LogP contribution in [0.25, 0.3) is 0 Å². The van der Waals surface area contributed by atoms with Crippen LogP contribution in [0, 0.1) is 12.7 Å². The molecule has 0 aliphatic rings. The molecule has 2 aromatic carbocycles. The summed E-state index contributed by atoms with van der Waals surface area (Å²) in [5.41, 5.74) is 7.16. The van der Waals surface area contributed by atoms with Crippen LogP contribution < -0.4 is 10.5 Å². The van der Waals surface area contributed by atoms with Crippen molar-refractivity contribution in [2.45, 2.75) is 18.4 Å². The zero-order valence-corrected chi connectivity index (χ0v) is 13.6. The first-order valence-corrected chi connectivity index (χ1v) is 8.39. The maximum absolute atomic E-state index is 13.9. The van der Waals surface area contributed by atoms with Crippen LogP contribution in [-0.4, -0.2) is 8.42 Å². The van der Waals surface area contributed by atoms with Crippen molar-refractivity contribution in [3.63, 3.8) is 0 Å². The van der Waals surface area contributed by atoms with Crippen LogP contribution >= 0.6 is 15.9 Å². The van der Waals surface area contributed by atoms with E-state index in [1.165, 1.54) is 12.1 Å². The van der Waals surface area contributed by atoms with Gasteiger partial charge in [0.2, 0.25) is 0 Å². The van der Waals surface area contributed by atoms with Gasteiger partial charge in [-0.05, 0) is 52.2 Å². The first-order valence-electron chi connectivity index (χ1n) is 6.11. The summed E-state index contributed by atoms with van der Waals surface area (Å²) in [4.78, 5) is -0.409. The smallest absolute Gasteiger partial charge is 0.264 e. The minimum absolute atomic E-state index is 0.147. The lowest BCUT2D eigenvalue weighted by molar-refractivity contribution is 0.569. The number of halogens is 2. The van der Waals surface area contributed by atoms with Crippen molar-refractivity contribution in [2.24, 2.45) is 5.73 Å². The van der Waals surface area contributed by atoms with Crippen molar-refractivity contribution in [1.29, 1.82) is 0 Å². The van der Waals surface area contributed by atoms with Gasteiger partial charge >= 0.3 is 0 Å². The highest BCUT2D eigenvalue weighted by molar-refractivity contribution is 9.10. The van der Waals surface area contributed by atoms with Crippen LogP contribution in [0.3, 0.4) is 0 Å². The topological polar surface area (TPSA) is 72.2 Å². The summed E-state index contributed by atoms with van der Waals surface area (Å²) < 4.78 is 41.5. The molecule has 0 heterocycles. The van der Waals surface area contributed by atoms with Crippen molar-refractivity contribution < 1.29 is 12.8 Å². The Labute approximate surface area is 131 Å². The third-order valence-corrected chi connectivity index (χ3v) is 5.41. The van der Waals surface area contributed by atoms with E-state index in [-0.39, 0.29) is 6.54 Å². The predicted molar refractivity (Wildman–Crippen MR) is 84.0 cm³/mol. The Hall–Kier alpha value is -1.44. The van der Waals surface area contributed by atoms with Crippen molar-refractivity contribution in [2.75, 3.05) is 4.72 Å². The maximum Gasteiger partial charge on any atom is 0.264 e. The lowest BCUT2D eigenvalue weighted by Crippen LogP contribution is -2.15. The first kappa shape index (κ1) is 15.9. The van der Waals surface area contributed by atoms with E-state index in [4.69, 9.17) is 5.73 Å². The van der Waals surface area contributed by atoms with Crippen molar-refractivity contribution in [3.05, 3.63) is 57.8 Å². The van der Waals surface area contributed by atoms with Gasteiger partial charge in [-0.1, -0.05) is 18.2 Å². The van der Waals surface area contributed by atoms with Gasteiger partial charge in [0.1, 0.15) is 10.7 Å². The second kappa shape index (κ2) is 6.13. The number of benzene rings is 2. The number of nitrogens with two attached hydrogens (primary N) is 1. The number of hydrogen-bond donors (Lipinski definition) is 2. The number of sulfonamides is 1. The minimum Gasteiger partial charge on any atom is -0.326 e.